The molecule has 60 valence electrons. The summed E-state index contributed by atoms with van der Waals surface area (Å²) in [4.78, 5) is 1.27. The van der Waals surface area contributed by atoms with Crippen molar-refractivity contribution in [1.82, 2.24) is 4.90 Å². The number of guanidine groups is 1. The van der Waals surface area contributed by atoms with E-state index < -0.39 is 6.23 Å². The predicted octanol–water partition coefficient (Wildman–Crippen LogP) is -0.0261. The van der Waals surface area contributed by atoms with Crippen LogP contribution in [0.5, 0.6) is 0 Å². The molecule has 4 nitrogen and oxygen atoms in total. The van der Waals surface area contributed by atoms with E-state index in [2.05, 4.69) is 0 Å². The Morgan fingerprint density at radius 2 is 2.45 bits per heavy atom. The monoisotopic (exact) mass is 153 g/mol. The van der Waals surface area contributed by atoms with Crippen molar-refractivity contribution in [2.45, 2.75) is 13.2 Å². The SMILES string of the molecule is CC1=CC(O)N(C(=N)N)C=C1. The van der Waals surface area contributed by atoms with Crippen molar-refractivity contribution in [3.63, 3.8) is 0 Å². The van der Waals surface area contributed by atoms with Crippen LogP contribution in [0.25, 0.3) is 0 Å². The van der Waals surface area contributed by atoms with E-state index >= 15 is 0 Å². The minimum atomic E-state index is -0.794. The fourth-order valence-corrected chi connectivity index (χ4v) is 0.880. The molecule has 1 rings (SSSR count). The minimum Gasteiger partial charge on any atom is -0.370 e. The quantitative estimate of drug-likeness (QED) is 0.338. The first-order valence-electron chi connectivity index (χ1n) is 3.28. The van der Waals surface area contributed by atoms with E-state index in [1.54, 1.807) is 18.4 Å². The van der Waals surface area contributed by atoms with Crippen LogP contribution in [0.4, 0.5) is 0 Å². The molecule has 1 aliphatic heterocycles. The third kappa shape index (κ3) is 1.59. The maximum Gasteiger partial charge on any atom is 0.194 e. The number of aliphatic hydroxyl groups is 1. The van der Waals surface area contributed by atoms with Gasteiger partial charge in [0.1, 0.15) is 0 Å². The van der Waals surface area contributed by atoms with E-state index in [0.717, 1.165) is 5.57 Å². The van der Waals surface area contributed by atoms with Crippen LogP contribution < -0.4 is 5.73 Å². The summed E-state index contributed by atoms with van der Waals surface area (Å²) < 4.78 is 0. The van der Waals surface area contributed by atoms with Gasteiger partial charge in [-0.2, -0.15) is 0 Å². The van der Waals surface area contributed by atoms with Crippen LogP contribution >= 0.6 is 0 Å². The lowest BCUT2D eigenvalue weighted by atomic mass is 10.2. The van der Waals surface area contributed by atoms with Crippen molar-refractivity contribution in [3.8, 4) is 0 Å². The second-order valence-electron chi connectivity index (χ2n) is 2.43. The van der Waals surface area contributed by atoms with Crippen LogP contribution in [0.15, 0.2) is 23.9 Å². The highest BCUT2D eigenvalue weighted by atomic mass is 16.3. The molecule has 0 fully saturated rings. The van der Waals surface area contributed by atoms with Gasteiger partial charge in [0, 0.05) is 6.20 Å². The molecule has 0 saturated carbocycles. The van der Waals surface area contributed by atoms with E-state index in [1.807, 2.05) is 6.92 Å². The summed E-state index contributed by atoms with van der Waals surface area (Å²) in [7, 11) is 0. The Morgan fingerprint density at radius 3 is 2.91 bits per heavy atom. The number of allylic oxidation sites excluding steroid dienone is 2. The third-order valence-electron chi connectivity index (χ3n) is 1.47. The summed E-state index contributed by atoms with van der Waals surface area (Å²) in [5.74, 6) is -0.155. The van der Waals surface area contributed by atoms with Crippen molar-refractivity contribution in [3.05, 3.63) is 23.9 Å². The zero-order chi connectivity index (χ0) is 8.43. The lowest BCUT2D eigenvalue weighted by molar-refractivity contribution is 0.124. The maximum absolute atomic E-state index is 9.29. The van der Waals surface area contributed by atoms with Crippen LogP contribution in [0.3, 0.4) is 0 Å². The fourth-order valence-electron chi connectivity index (χ4n) is 0.880. The van der Waals surface area contributed by atoms with Gasteiger partial charge in [-0.1, -0.05) is 0 Å². The summed E-state index contributed by atoms with van der Waals surface area (Å²) in [5, 5.41) is 16.3. The Kier molecular flexibility index (Phi) is 1.96. The molecule has 11 heavy (non-hydrogen) atoms. The van der Waals surface area contributed by atoms with Gasteiger partial charge in [0.25, 0.3) is 0 Å². The molecule has 0 aromatic heterocycles. The Bertz CT molecular complexity index is 232. The smallest absolute Gasteiger partial charge is 0.194 e. The van der Waals surface area contributed by atoms with Gasteiger partial charge >= 0.3 is 0 Å². The van der Waals surface area contributed by atoms with Crippen LogP contribution in [0, 0.1) is 5.41 Å². The second-order valence-corrected chi connectivity index (χ2v) is 2.43. The molecule has 4 N–H and O–H groups in total. The Morgan fingerprint density at radius 1 is 1.82 bits per heavy atom. The van der Waals surface area contributed by atoms with E-state index in [-0.39, 0.29) is 5.96 Å². The van der Waals surface area contributed by atoms with Gasteiger partial charge in [-0.25, -0.2) is 0 Å². The van der Waals surface area contributed by atoms with Crippen LogP contribution in [0.2, 0.25) is 0 Å². The highest BCUT2D eigenvalue weighted by molar-refractivity contribution is 5.76. The summed E-state index contributed by atoms with van der Waals surface area (Å²) in [6.45, 7) is 1.87. The van der Waals surface area contributed by atoms with Gasteiger partial charge in [-0.15, -0.1) is 0 Å². The van der Waals surface area contributed by atoms with Gasteiger partial charge in [-0.05, 0) is 24.6 Å². The number of rotatable bonds is 0. The molecular formula is C7H11N3O. The topological polar surface area (TPSA) is 73.3 Å². The fraction of sp³-hybridized carbons (Fsp3) is 0.286. The molecule has 1 aliphatic rings. The van der Waals surface area contributed by atoms with Gasteiger partial charge in [-0.3, -0.25) is 10.3 Å². The molecule has 0 aromatic rings. The van der Waals surface area contributed by atoms with E-state index in [1.165, 1.54) is 4.90 Å². The summed E-state index contributed by atoms with van der Waals surface area (Å²) >= 11 is 0. The number of aliphatic hydroxyl groups excluding tert-OH is 1. The zero-order valence-electron chi connectivity index (χ0n) is 6.28. The first kappa shape index (κ1) is 7.81. The summed E-state index contributed by atoms with van der Waals surface area (Å²) in [6.07, 6.45) is 4.20. The lowest BCUT2D eigenvalue weighted by Crippen LogP contribution is -2.40. The molecule has 0 radical (unpaired) electrons. The van der Waals surface area contributed by atoms with Crippen molar-refractivity contribution in [2.75, 3.05) is 0 Å². The average Bonchev–Trinajstić information content (AvgIpc) is 1.85. The van der Waals surface area contributed by atoms with Crippen molar-refractivity contribution >= 4 is 5.96 Å². The van der Waals surface area contributed by atoms with Crippen molar-refractivity contribution < 1.29 is 5.11 Å². The average molecular weight is 153 g/mol. The Hall–Kier alpha value is -1.29. The number of nitrogens with zero attached hydrogens (tertiary/aromatic N) is 1. The van der Waals surface area contributed by atoms with Gasteiger partial charge in [0.15, 0.2) is 12.2 Å². The van der Waals surface area contributed by atoms with E-state index in [0.29, 0.717) is 0 Å². The first-order chi connectivity index (χ1) is 5.11. The normalized spacial score (nSPS) is 23.3. The summed E-state index contributed by atoms with van der Waals surface area (Å²) in [6, 6.07) is 0. The molecule has 0 aromatic carbocycles. The van der Waals surface area contributed by atoms with Crippen LogP contribution in [0.1, 0.15) is 6.92 Å². The lowest BCUT2D eigenvalue weighted by Gasteiger charge is -2.25. The molecule has 1 unspecified atom stereocenters. The van der Waals surface area contributed by atoms with Gasteiger partial charge in [0.05, 0.1) is 0 Å². The molecule has 4 heteroatoms. The highest BCUT2D eigenvalue weighted by Gasteiger charge is 2.14. The van der Waals surface area contributed by atoms with Crippen molar-refractivity contribution in [1.29, 1.82) is 5.41 Å². The standard InChI is InChI=1S/C7H11N3O/c1-5-2-3-10(7(8)9)6(11)4-5/h2-4,6,11H,1H3,(H3,8,9). The molecule has 1 heterocycles. The molecule has 0 bridgehead atoms. The number of nitrogens with two attached hydrogens (primary N) is 1. The van der Waals surface area contributed by atoms with Gasteiger partial charge < -0.3 is 10.8 Å². The Balaban J connectivity index is 2.77. The largest absolute Gasteiger partial charge is 0.370 e. The van der Waals surface area contributed by atoms with Crippen LogP contribution in [-0.4, -0.2) is 22.2 Å². The second kappa shape index (κ2) is 2.75. The zero-order valence-corrected chi connectivity index (χ0v) is 6.28. The first-order valence-corrected chi connectivity index (χ1v) is 3.28. The van der Waals surface area contributed by atoms with Crippen molar-refractivity contribution in [2.24, 2.45) is 5.73 Å². The number of hydrogen-bond donors (Lipinski definition) is 3. The van der Waals surface area contributed by atoms with E-state index in [4.69, 9.17) is 11.1 Å². The van der Waals surface area contributed by atoms with Gasteiger partial charge in [0.2, 0.25) is 0 Å². The highest BCUT2D eigenvalue weighted by Crippen LogP contribution is 2.09. The number of hydrogen-bond acceptors (Lipinski definition) is 2. The molecule has 1 atom stereocenters. The Labute approximate surface area is 65.1 Å². The van der Waals surface area contributed by atoms with Crippen LogP contribution in [-0.2, 0) is 0 Å². The third-order valence-corrected chi connectivity index (χ3v) is 1.47. The minimum absolute atomic E-state index is 0.155. The summed E-state index contributed by atoms with van der Waals surface area (Å²) in [5.41, 5.74) is 6.14. The molecular weight excluding hydrogens is 142 g/mol. The number of nitrogens with one attached hydrogen (secondary N) is 1. The predicted molar refractivity (Wildman–Crippen MR) is 42.7 cm³/mol. The molecule has 0 spiro atoms. The molecule has 0 amide bonds. The molecule has 0 saturated heterocycles. The molecule has 0 aliphatic carbocycles. The van der Waals surface area contributed by atoms with E-state index in [9.17, 15) is 5.11 Å². The maximum atomic E-state index is 9.29.